The number of rotatable bonds is 6. The third kappa shape index (κ3) is 3.76. The minimum Gasteiger partial charge on any atom is -0.325 e. The van der Waals surface area contributed by atoms with Gasteiger partial charge < -0.3 is 5.73 Å². The van der Waals surface area contributed by atoms with Crippen LogP contribution in [0.15, 0.2) is 23.2 Å². The number of hydrogen-bond acceptors (Lipinski definition) is 4. The summed E-state index contributed by atoms with van der Waals surface area (Å²) in [6, 6.07) is 3.05. The van der Waals surface area contributed by atoms with E-state index in [9.17, 15) is 8.42 Å². The van der Waals surface area contributed by atoms with Gasteiger partial charge in [0.15, 0.2) is 0 Å². The molecule has 0 radical (unpaired) electrons. The highest BCUT2D eigenvalue weighted by Gasteiger charge is 2.20. The number of aromatic nitrogens is 1. The fourth-order valence-electron chi connectivity index (χ4n) is 1.47. The van der Waals surface area contributed by atoms with Crippen LogP contribution in [0, 0.1) is 5.92 Å². The molecule has 0 amide bonds. The first-order chi connectivity index (χ1) is 8.40. The smallest absolute Gasteiger partial charge is 0.242 e. The minimum atomic E-state index is -3.49. The monoisotopic (exact) mass is 271 g/mol. The molecular weight excluding hydrogens is 250 g/mol. The molecule has 0 aromatic carbocycles. The molecule has 3 N–H and O–H groups in total. The van der Waals surface area contributed by atoms with Gasteiger partial charge in [0.2, 0.25) is 10.0 Å². The summed E-state index contributed by atoms with van der Waals surface area (Å²) in [6.45, 7) is 6.22. The highest BCUT2D eigenvalue weighted by Crippen LogP contribution is 2.12. The van der Waals surface area contributed by atoms with E-state index in [-0.39, 0.29) is 16.9 Å². The number of nitrogens with two attached hydrogens (primary N) is 1. The van der Waals surface area contributed by atoms with Crippen molar-refractivity contribution in [2.24, 2.45) is 11.7 Å². The third-order valence-corrected chi connectivity index (χ3v) is 4.70. The molecule has 1 aromatic heterocycles. The maximum Gasteiger partial charge on any atom is 0.242 e. The zero-order valence-corrected chi connectivity index (χ0v) is 11.9. The molecule has 2 unspecified atom stereocenters. The summed E-state index contributed by atoms with van der Waals surface area (Å²) in [7, 11) is -3.49. The van der Waals surface area contributed by atoms with Crippen LogP contribution in [0.4, 0.5) is 0 Å². The summed E-state index contributed by atoms with van der Waals surface area (Å²) in [5.74, 6) is 0.288. The summed E-state index contributed by atoms with van der Waals surface area (Å²) >= 11 is 0. The molecule has 0 aliphatic heterocycles. The van der Waals surface area contributed by atoms with Crippen molar-refractivity contribution < 1.29 is 8.42 Å². The molecule has 1 aromatic rings. The van der Waals surface area contributed by atoms with Crippen molar-refractivity contribution in [3.63, 3.8) is 0 Å². The molecule has 0 aliphatic rings. The lowest BCUT2D eigenvalue weighted by molar-refractivity contribution is 0.434. The maximum atomic E-state index is 12.1. The van der Waals surface area contributed by atoms with Crippen LogP contribution < -0.4 is 10.5 Å². The van der Waals surface area contributed by atoms with Crippen molar-refractivity contribution >= 4 is 10.0 Å². The fourth-order valence-corrected chi connectivity index (χ4v) is 2.77. The van der Waals surface area contributed by atoms with Crippen molar-refractivity contribution in [2.75, 3.05) is 0 Å². The SMILES string of the molecule is CCC(C)C(C)NS(=O)(=O)c1ccc(CN)nc1. The van der Waals surface area contributed by atoms with E-state index in [1.165, 1.54) is 12.3 Å². The van der Waals surface area contributed by atoms with Gasteiger partial charge in [-0.2, -0.15) is 0 Å². The second kappa shape index (κ2) is 6.26. The average Bonchev–Trinajstić information content (AvgIpc) is 2.37. The highest BCUT2D eigenvalue weighted by molar-refractivity contribution is 7.89. The largest absolute Gasteiger partial charge is 0.325 e. The Morgan fingerprint density at radius 3 is 2.50 bits per heavy atom. The van der Waals surface area contributed by atoms with Crippen molar-refractivity contribution in [3.05, 3.63) is 24.0 Å². The third-order valence-electron chi connectivity index (χ3n) is 3.16. The summed E-state index contributed by atoms with van der Waals surface area (Å²) in [5.41, 5.74) is 6.09. The Hall–Kier alpha value is -0.980. The molecule has 2 atom stereocenters. The van der Waals surface area contributed by atoms with Gasteiger partial charge in [0, 0.05) is 18.8 Å². The van der Waals surface area contributed by atoms with E-state index in [1.807, 2.05) is 20.8 Å². The molecule has 5 nitrogen and oxygen atoms in total. The van der Waals surface area contributed by atoms with Gasteiger partial charge in [-0.05, 0) is 25.0 Å². The molecule has 1 heterocycles. The van der Waals surface area contributed by atoms with Crippen LogP contribution in [0.5, 0.6) is 0 Å². The Balaban J connectivity index is 2.85. The van der Waals surface area contributed by atoms with E-state index in [4.69, 9.17) is 5.73 Å². The Bertz CT molecular complexity index is 471. The van der Waals surface area contributed by atoms with E-state index in [2.05, 4.69) is 9.71 Å². The average molecular weight is 271 g/mol. The molecule has 102 valence electrons. The summed E-state index contributed by atoms with van der Waals surface area (Å²) in [6.07, 6.45) is 2.27. The second-order valence-electron chi connectivity index (χ2n) is 4.48. The predicted molar refractivity (Wildman–Crippen MR) is 71.4 cm³/mol. The van der Waals surface area contributed by atoms with Crippen molar-refractivity contribution in [3.8, 4) is 0 Å². The first-order valence-corrected chi connectivity index (χ1v) is 7.56. The van der Waals surface area contributed by atoms with Crippen LogP contribution in [0.25, 0.3) is 0 Å². The summed E-state index contributed by atoms with van der Waals surface area (Å²) < 4.78 is 26.8. The maximum absolute atomic E-state index is 12.1. The number of pyridine rings is 1. The molecule has 6 heteroatoms. The van der Waals surface area contributed by atoms with E-state index in [1.54, 1.807) is 6.07 Å². The van der Waals surface area contributed by atoms with Gasteiger partial charge in [-0.25, -0.2) is 13.1 Å². The zero-order chi connectivity index (χ0) is 13.8. The fraction of sp³-hybridized carbons (Fsp3) is 0.583. The van der Waals surface area contributed by atoms with Crippen molar-refractivity contribution in [2.45, 2.75) is 44.7 Å². The quantitative estimate of drug-likeness (QED) is 0.815. The zero-order valence-electron chi connectivity index (χ0n) is 11.1. The Morgan fingerprint density at radius 2 is 2.06 bits per heavy atom. The molecule has 0 spiro atoms. The molecule has 0 bridgehead atoms. The van der Waals surface area contributed by atoms with Crippen LogP contribution >= 0.6 is 0 Å². The van der Waals surface area contributed by atoms with Gasteiger partial charge in [0.1, 0.15) is 4.90 Å². The van der Waals surface area contributed by atoms with Gasteiger partial charge >= 0.3 is 0 Å². The van der Waals surface area contributed by atoms with Gasteiger partial charge in [-0.1, -0.05) is 20.3 Å². The normalized spacial score (nSPS) is 15.3. The minimum absolute atomic E-state index is 0.103. The Labute approximate surface area is 109 Å². The van der Waals surface area contributed by atoms with Gasteiger partial charge in [-0.3, -0.25) is 4.98 Å². The Kier molecular flexibility index (Phi) is 5.25. The van der Waals surface area contributed by atoms with Gasteiger partial charge in [0.25, 0.3) is 0 Å². The van der Waals surface area contributed by atoms with Crippen LogP contribution in [0.2, 0.25) is 0 Å². The van der Waals surface area contributed by atoms with Crippen LogP contribution in [0.1, 0.15) is 32.9 Å². The molecule has 0 saturated heterocycles. The molecule has 0 fully saturated rings. The number of hydrogen-bond donors (Lipinski definition) is 2. The van der Waals surface area contributed by atoms with E-state index < -0.39 is 10.0 Å². The van der Waals surface area contributed by atoms with Crippen molar-refractivity contribution in [1.29, 1.82) is 0 Å². The predicted octanol–water partition coefficient (Wildman–Crippen LogP) is 1.25. The molecule has 0 aliphatic carbocycles. The second-order valence-corrected chi connectivity index (χ2v) is 6.20. The topological polar surface area (TPSA) is 85.1 Å². The lowest BCUT2D eigenvalue weighted by Crippen LogP contribution is -2.36. The first-order valence-electron chi connectivity index (χ1n) is 6.08. The number of sulfonamides is 1. The van der Waals surface area contributed by atoms with E-state index in [0.29, 0.717) is 12.2 Å². The molecule has 1 rings (SSSR count). The van der Waals surface area contributed by atoms with E-state index in [0.717, 1.165) is 6.42 Å². The van der Waals surface area contributed by atoms with Gasteiger partial charge in [0.05, 0.1) is 5.69 Å². The van der Waals surface area contributed by atoms with Crippen LogP contribution in [0.3, 0.4) is 0 Å². The lowest BCUT2D eigenvalue weighted by atomic mass is 10.0. The lowest BCUT2D eigenvalue weighted by Gasteiger charge is -2.19. The summed E-state index contributed by atoms with van der Waals surface area (Å²) in [4.78, 5) is 4.17. The number of nitrogens with one attached hydrogen (secondary N) is 1. The molecular formula is C12H21N3O2S. The highest BCUT2D eigenvalue weighted by atomic mass is 32.2. The number of nitrogens with zero attached hydrogens (tertiary/aromatic N) is 1. The molecule has 0 saturated carbocycles. The first kappa shape index (κ1) is 15.1. The van der Waals surface area contributed by atoms with Gasteiger partial charge in [-0.15, -0.1) is 0 Å². The van der Waals surface area contributed by atoms with Crippen molar-refractivity contribution in [1.82, 2.24) is 9.71 Å². The van der Waals surface area contributed by atoms with Crippen LogP contribution in [-0.4, -0.2) is 19.4 Å². The van der Waals surface area contributed by atoms with Crippen LogP contribution in [-0.2, 0) is 16.6 Å². The summed E-state index contributed by atoms with van der Waals surface area (Å²) in [5, 5.41) is 0. The standard InChI is InChI=1S/C12H21N3O2S/c1-4-9(2)10(3)15-18(16,17)12-6-5-11(7-13)14-8-12/h5-6,8-10,15H,4,7,13H2,1-3H3. The molecule has 18 heavy (non-hydrogen) atoms. The Morgan fingerprint density at radius 1 is 1.39 bits per heavy atom. The van der Waals surface area contributed by atoms with E-state index >= 15 is 0 Å².